The van der Waals surface area contributed by atoms with Crippen LogP contribution in [0.2, 0.25) is 10.0 Å². The van der Waals surface area contributed by atoms with E-state index in [1.165, 1.54) is 12.1 Å². The Morgan fingerprint density at radius 2 is 1.68 bits per heavy atom. The van der Waals surface area contributed by atoms with Crippen LogP contribution in [-0.4, -0.2) is 72.5 Å². The second kappa shape index (κ2) is 13.6. The van der Waals surface area contributed by atoms with Crippen LogP contribution < -0.4 is 10.6 Å². The van der Waals surface area contributed by atoms with Crippen molar-refractivity contribution >= 4 is 46.6 Å². The largest absolute Gasteiger partial charge is 0.416 e. The van der Waals surface area contributed by atoms with Gasteiger partial charge in [0.25, 0.3) is 0 Å². The first-order valence-corrected chi connectivity index (χ1v) is 15.6. The van der Waals surface area contributed by atoms with E-state index in [2.05, 4.69) is 9.80 Å². The minimum Gasteiger partial charge on any atom is -0.368 e. The van der Waals surface area contributed by atoms with E-state index in [9.17, 15) is 18.0 Å². The molecule has 2 heterocycles. The van der Waals surface area contributed by atoms with Gasteiger partial charge in [0.1, 0.15) is 0 Å². The summed E-state index contributed by atoms with van der Waals surface area (Å²) in [6.45, 7) is 7.66. The number of hydrogen-bond acceptors (Lipinski definition) is 5. The number of carbonyl (C=O) groups excluding carboxylic acids is 1. The van der Waals surface area contributed by atoms with Crippen molar-refractivity contribution in [3.05, 3.63) is 63.1 Å². The predicted molar refractivity (Wildman–Crippen MR) is 159 cm³/mol. The standard InChI is InChI=1S/C29H37Cl2F3N4OS/c1-19(2)15-25(35)23-17-21(29(32,33)34)4-6-26(23)36-7-9-38(10-8-36)28(39)27(37-11-13-40-14-12-37)16-20-3-5-22(30)18-24(20)31/h3-6,17-19,25,27H,7-16,35H2,1-2H3. The molecule has 0 aliphatic carbocycles. The highest BCUT2D eigenvalue weighted by Gasteiger charge is 2.35. The third kappa shape index (κ3) is 7.79. The van der Waals surface area contributed by atoms with Crippen LogP contribution in [0.3, 0.4) is 0 Å². The van der Waals surface area contributed by atoms with Crippen LogP contribution in [0.5, 0.6) is 0 Å². The summed E-state index contributed by atoms with van der Waals surface area (Å²) in [6.07, 6.45) is -3.37. The number of carbonyl (C=O) groups is 1. The number of amides is 1. The van der Waals surface area contributed by atoms with E-state index in [4.69, 9.17) is 28.9 Å². The molecule has 2 aromatic carbocycles. The molecule has 2 aliphatic rings. The maximum atomic E-state index is 13.9. The van der Waals surface area contributed by atoms with Crippen molar-refractivity contribution in [2.75, 3.05) is 55.7 Å². The average molecular weight is 618 g/mol. The number of anilines is 1. The van der Waals surface area contributed by atoms with E-state index < -0.39 is 17.8 Å². The van der Waals surface area contributed by atoms with Gasteiger partial charge in [0.15, 0.2) is 0 Å². The molecular weight excluding hydrogens is 580 g/mol. The summed E-state index contributed by atoms with van der Waals surface area (Å²) in [6, 6.07) is 8.38. The Morgan fingerprint density at radius 1 is 1.00 bits per heavy atom. The summed E-state index contributed by atoms with van der Waals surface area (Å²) in [4.78, 5) is 20.1. The van der Waals surface area contributed by atoms with Gasteiger partial charge in [0.2, 0.25) is 5.91 Å². The summed E-state index contributed by atoms with van der Waals surface area (Å²) >= 11 is 14.5. The predicted octanol–water partition coefficient (Wildman–Crippen LogP) is 6.37. The minimum absolute atomic E-state index is 0.0571. The fourth-order valence-corrected chi connectivity index (χ4v) is 6.90. The van der Waals surface area contributed by atoms with Gasteiger partial charge >= 0.3 is 6.18 Å². The van der Waals surface area contributed by atoms with Crippen molar-refractivity contribution in [3.8, 4) is 0 Å². The van der Waals surface area contributed by atoms with Crippen molar-refractivity contribution in [2.24, 2.45) is 11.7 Å². The quantitative estimate of drug-likeness (QED) is 0.374. The van der Waals surface area contributed by atoms with Gasteiger partial charge in [0.05, 0.1) is 11.6 Å². The van der Waals surface area contributed by atoms with E-state index in [0.717, 1.165) is 36.2 Å². The van der Waals surface area contributed by atoms with Crippen molar-refractivity contribution in [1.82, 2.24) is 9.80 Å². The van der Waals surface area contributed by atoms with Crippen molar-refractivity contribution in [3.63, 3.8) is 0 Å². The molecule has 0 bridgehead atoms. The Hall–Kier alpha value is -1.65. The second-order valence-corrected chi connectivity index (χ2v) is 13.0. The normalized spacial score (nSPS) is 18.7. The van der Waals surface area contributed by atoms with Crippen LogP contribution in [0.4, 0.5) is 18.9 Å². The lowest BCUT2D eigenvalue weighted by molar-refractivity contribution is -0.138. The van der Waals surface area contributed by atoms with Crippen LogP contribution in [0.1, 0.15) is 43.0 Å². The monoisotopic (exact) mass is 616 g/mol. The lowest BCUT2D eigenvalue weighted by Gasteiger charge is -2.41. The van der Waals surface area contributed by atoms with Crippen molar-refractivity contribution in [2.45, 2.75) is 44.9 Å². The summed E-state index contributed by atoms with van der Waals surface area (Å²) in [5, 5.41) is 1.10. The molecule has 11 heteroatoms. The Morgan fingerprint density at radius 3 is 2.27 bits per heavy atom. The molecule has 40 heavy (non-hydrogen) atoms. The van der Waals surface area contributed by atoms with Crippen LogP contribution in [-0.2, 0) is 17.4 Å². The molecule has 2 aromatic rings. The van der Waals surface area contributed by atoms with Crippen LogP contribution in [0, 0.1) is 5.92 Å². The van der Waals surface area contributed by atoms with Crippen LogP contribution >= 0.6 is 35.0 Å². The van der Waals surface area contributed by atoms with E-state index >= 15 is 0 Å². The highest BCUT2D eigenvalue weighted by Crippen LogP contribution is 2.37. The number of hydrogen-bond donors (Lipinski definition) is 1. The molecule has 2 unspecified atom stereocenters. The van der Waals surface area contributed by atoms with E-state index in [0.29, 0.717) is 60.3 Å². The molecule has 0 spiro atoms. The number of benzene rings is 2. The van der Waals surface area contributed by atoms with Gasteiger partial charge in [-0.1, -0.05) is 43.1 Å². The van der Waals surface area contributed by atoms with Crippen molar-refractivity contribution in [1.29, 1.82) is 0 Å². The molecule has 1 amide bonds. The maximum Gasteiger partial charge on any atom is 0.416 e. The van der Waals surface area contributed by atoms with E-state index in [1.807, 2.05) is 36.6 Å². The molecule has 4 rings (SSSR count). The number of halogens is 5. The Labute approximate surface area is 249 Å². The molecule has 2 atom stereocenters. The van der Waals surface area contributed by atoms with Gasteiger partial charge in [-0.25, -0.2) is 0 Å². The molecule has 220 valence electrons. The summed E-state index contributed by atoms with van der Waals surface area (Å²) < 4.78 is 40.6. The second-order valence-electron chi connectivity index (χ2n) is 10.9. The molecule has 0 radical (unpaired) electrons. The third-order valence-electron chi connectivity index (χ3n) is 7.61. The number of nitrogens with zero attached hydrogens (tertiary/aromatic N) is 3. The number of rotatable bonds is 8. The van der Waals surface area contributed by atoms with E-state index in [-0.39, 0.29) is 17.9 Å². The molecule has 2 aliphatic heterocycles. The first kappa shape index (κ1) is 31.3. The minimum atomic E-state index is -4.44. The summed E-state index contributed by atoms with van der Waals surface area (Å²) in [5.41, 5.74) is 7.83. The first-order valence-electron chi connectivity index (χ1n) is 13.7. The highest BCUT2D eigenvalue weighted by atomic mass is 35.5. The lowest BCUT2D eigenvalue weighted by Crippen LogP contribution is -2.57. The molecule has 0 saturated carbocycles. The Balaban J connectivity index is 1.51. The molecular formula is C29H37Cl2F3N4OS. The Bertz CT molecular complexity index is 1170. The number of thioether (sulfide) groups is 1. The first-order chi connectivity index (χ1) is 18.9. The summed E-state index contributed by atoms with van der Waals surface area (Å²) in [7, 11) is 0. The zero-order valence-corrected chi connectivity index (χ0v) is 25.2. The Kier molecular flexibility index (Phi) is 10.6. The SMILES string of the molecule is CC(C)CC(N)c1cc(C(F)(F)F)ccc1N1CCN(C(=O)C(Cc2ccc(Cl)cc2Cl)N2CCSCC2)CC1. The molecule has 5 nitrogen and oxygen atoms in total. The van der Waals surface area contributed by atoms with Gasteiger partial charge in [-0.15, -0.1) is 0 Å². The van der Waals surface area contributed by atoms with Crippen molar-refractivity contribution < 1.29 is 18.0 Å². The van der Waals surface area contributed by atoms with Crippen LogP contribution in [0.25, 0.3) is 0 Å². The zero-order valence-electron chi connectivity index (χ0n) is 22.9. The summed E-state index contributed by atoms with van der Waals surface area (Å²) in [5.74, 6) is 2.24. The third-order valence-corrected chi connectivity index (χ3v) is 9.14. The number of piperazine rings is 1. The van der Waals surface area contributed by atoms with Gasteiger partial charge < -0.3 is 15.5 Å². The lowest BCUT2D eigenvalue weighted by atomic mass is 9.94. The fourth-order valence-electron chi connectivity index (χ4n) is 5.49. The number of alkyl halides is 3. The molecule has 0 aromatic heterocycles. The molecule has 2 saturated heterocycles. The highest BCUT2D eigenvalue weighted by molar-refractivity contribution is 7.99. The van der Waals surface area contributed by atoms with Gasteiger partial charge in [0, 0.05) is 72.5 Å². The van der Waals surface area contributed by atoms with Gasteiger partial charge in [-0.2, -0.15) is 24.9 Å². The smallest absolute Gasteiger partial charge is 0.368 e. The van der Waals surface area contributed by atoms with Crippen LogP contribution in [0.15, 0.2) is 36.4 Å². The van der Waals surface area contributed by atoms with E-state index in [1.54, 1.807) is 12.1 Å². The van der Waals surface area contributed by atoms with Gasteiger partial charge in [-0.3, -0.25) is 9.69 Å². The zero-order chi connectivity index (χ0) is 29.0. The maximum absolute atomic E-state index is 13.9. The van der Waals surface area contributed by atoms with Gasteiger partial charge in [-0.05, 0) is 60.2 Å². The topological polar surface area (TPSA) is 52.8 Å². The molecule has 2 fully saturated rings. The number of nitrogens with two attached hydrogens (primary N) is 1. The molecule has 2 N–H and O–H groups in total. The average Bonchev–Trinajstić information content (AvgIpc) is 2.91. The fraction of sp³-hybridized carbons (Fsp3) is 0.552.